The Labute approximate surface area is 183 Å². The second-order valence-corrected chi connectivity index (χ2v) is 8.68. The average Bonchev–Trinajstić information content (AvgIpc) is 3.35. The van der Waals surface area contributed by atoms with Crippen LogP contribution in [0.4, 0.5) is 5.13 Å². The number of aromatic nitrogens is 3. The van der Waals surface area contributed by atoms with Crippen LogP contribution >= 0.6 is 22.9 Å². The number of thiazole rings is 1. The third-order valence-corrected chi connectivity index (χ3v) is 6.77. The van der Waals surface area contributed by atoms with Gasteiger partial charge in [0.15, 0.2) is 10.8 Å². The van der Waals surface area contributed by atoms with Crippen molar-refractivity contribution < 1.29 is 4.79 Å². The van der Waals surface area contributed by atoms with Crippen LogP contribution in [-0.4, -0.2) is 51.8 Å². The summed E-state index contributed by atoms with van der Waals surface area (Å²) in [6, 6.07) is 17.1. The number of rotatable bonds is 3. The van der Waals surface area contributed by atoms with E-state index in [-0.39, 0.29) is 5.91 Å². The lowest BCUT2D eigenvalue weighted by Gasteiger charge is -2.34. The number of piperazine rings is 1. The standard InChI is InChI=1S/C22H20ClN5OS/c1-15-19-20(28(25-15)18-5-3-2-4-6-18)24-22(30-19)27-13-11-26(12-14-27)21(29)16-7-9-17(23)10-8-16/h2-10H,11-14H2,1H3. The first-order valence-electron chi connectivity index (χ1n) is 9.81. The van der Waals surface area contributed by atoms with Gasteiger partial charge < -0.3 is 9.80 Å². The van der Waals surface area contributed by atoms with E-state index < -0.39 is 0 Å². The van der Waals surface area contributed by atoms with Gasteiger partial charge in [-0.15, -0.1) is 0 Å². The Morgan fingerprint density at radius 3 is 2.40 bits per heavy atom. The monoisotopic (exact) mass is 437 g/mol. The summed E-state index contributed by atoms with van der Waals surface area (Å²) in [4.78, 5) is 21.8. The number of benzene rings is 2. The first-order chi connectivity index (χ1) is 14.6. The molecule has 1 saturated heterocycles. The quantitative estimate of drug-likeness (QED) is 0.476. The fourth-order valence-corrected chi connectivity index (χ4v) is 4.85. The lowest BCUT2D eigenvalue weighted by Crippen LogP contribution is -2.48. The SMILES string of the molecule is Cc1nn(-c2ccccc2)c2nc(N3CCN(C(=O)c4ccc(Cl)cc4)CC3)sc12. The molecule has 1 aliphatic heterocycles. The van der Waals surface area contributed by atoms with E-state index in [2.05, 4.69) is 10.00 Å². The summed E-state index contributed by atoms with van der Waals surface area (Å²) in [6.07, 6.45) is 0. The maximum atomic E-state index is 12.7. The highest BCUT2D eigenvalue weighted by molar-refractivity contribution is 7.22. The Kier molecular flexibility index (Phi) is 4.92. The molecule has 152 valence electrons. The van der Waals surface area contributed by atoms with Crippen LogP contribution in [0.5, 0.6) is 0 Å². The summed E-state index contributed by atoms with van der Waals surface area (Å²) in [5.74, 6) is 0.0474. The van der Waals surface area contributed by atoms with Crippen LogP contribution < -0.4 is 4.90 Å². The molecule has 0 spiro atoms. The zero-order valence-electron chi connectivity index (χ0n) is 16.5. The molecule has 2 aromatic carbocycles. The van der Waals surface area contributed by atoms with Crippen LogP contribution in [0.25, 0.3) is 16.0 Å². The molecular formula is C22H20ClN5OS. The summed E-state index contributed by atoms with van der Waals surface area (Å²) >= 11 is 7.60. The summed E-state index contributed by atoms with van der Waals surface area (Å²) in [6.45, 7) is 4.87. The Hall–Kier alpha value is -2.90. The third kappa shape index (κ3) is 3.44. The largest absolute Gasteiger partial charge is 0.344 e. The van der Waals surface area contributed by atoms with Gasteiger partial charge >= 0.3 is 0 Å². The number of aryl methyl sites for hydroxylation is 1. The van der Waals surface area contributed by atoms with Crippen LogP contribution in [0.15, 0.2) is 54.6 Å². The van der Waals surface area contributed by atoms with Gasteiger partial charge in [0, 0.05) is 36.8 Å². The number of carbonyl (C=O) groups is 1. The van der Waals surface area contributed by atoms with E-state index in [1.807, 2.05) is 46.8 Å². The topological polar surface area (TPSA) is 54.3 Å². The molecule has 0 N–H and O–H groups in total. The average molecular weight is 438 g/mol. The van der Waals surface area contributed by atoms with Crippen molar-refractivity contribution in [1.82, 2.24) is 19.7 Å². The van der Waals surface area contributed by atoms with E-state index in [0.717, 1.165) is 39.9 Å². The number of nitrogens with zero attached hydrogens (tertiary/aromatic N) is 5. The van der Waals surface area contributed by atoms with Gasteiger partial charge in [0.25, 0.3) is 5.91 Å². The van der Waals surface area contributed by atoms with Gasteiger partial charge in [0.05, 0.1) is 16.1 Å². The summed E-state index contributed by atoms with van der Waals surface area (Å²) in [7, 11) is 0. The minimum Gasteiger partial charge on any atom is -0.344 e. The second kappa shape index (κ2) is 7.74. The van der Waals surface area contributed by atoms with Crippen molar-refractivity contribution >= 4 is 44.3 Å². The Balaban J connectivity index is 1.34. The first kappa shape index (κ1) is 19.1. The zero-order valence-corrected chi connectivity index (χ0v) is 18.0. The van der Waals surface area contributed by atoms with E-state index in [1.54, 1.807) is 35.6 Å². The van der Waals surface area contributed by atoms with E-state index in [4.69, 9.17) is 16.6 Å². The molecule has 0 aliphatic carbocycles. The predicted octanol–water partition coefficient (Wildman–Crippen LogP) is 4.41. The van der Waals surface area contributed by atoms with Crippen molar-refractivity contribution in [2.75, 3.05) is 31.1 Å². The maximum Gasteiger partial charge on any atom is 0.253 e. The molecule has 0 atom stereocenters. The van der Waals surface area contributed by atoms with E-state index in [9.17, 15) is 4.79 Å². The number of fused-ring (bicyclic) bond motifs is 1. The van der Waals surface area contributed by atoms with Crippen LogP contribution in [0.1, 0.15) is 16.1 Å². The van der Waals surface area contributed by atoms with Crippen molar-refractivity contribution in [2.45, 2.75) is 6.92 Å². The highest BCUT2D eigenvalue weighted by Gasteiger charge is 2.25. The lowest BCUT2D eigenvalue weighted by molar-refractivity contribution is 0.0747. The predicted molar refractivity (Wildman–Crippen MR) is 121 cm³/mol. The number of hydrogen-bond acceptors (Lipinski definition) is 5. The van der Waals surface area contributed by atoms with E-state index >= 15 is 0 Å². The Bertz CT molecular complexity index is 1190. The molecule has 5 rings (SSSR count). The normalized spacial score (nSPS) is 14.5. The fourth-order valence-electron chi connectivity index (χ4n) is 3.68. The molecule has 4 aromatic rings. The smallest absolute Gasteiger partial charge is 0.253 e. The number of carbonyl (C=O) groups excluding carboxylic acids is 1. The molecule has 1 fully saturated rings. The zero-order chi connectivity index (χ0) is 20.7. The molecule has 8 heteroatoms. The second-order valence-electron chi connectivity index (χ2n) is 7.27. The van der Waals surface area contributed by atoms with Crippen molar-refractivity contribution in [3.8, 4) is 5.69 Å². The van der Waals surface area contributed by atoms with Crippen molar-refractivity contribution in [1.29, 1.82) is 0 Å². The number of para-hydroxylation sites is 1. The van der Waals surface area contributed by atoms with Crippen molar-refractivity contribution in [3.05, 3.63) is 70.9 Å². The minimum atomic E-state index is 0.0474. The van der Waals surface area contributed by atoms with E-state index in [0.29, 0.717) is 23.7 Å². The first-order valence-corrected chi connectivity index (χ1v) is 11.0. The highest BCUT2D eigenvalue weighted by Crippen LogP contribution is 2.33. The minimum absolute atomic E-state index is 0.0474. The lowest BCUT2D eigenvalue weighted by atomic mass is 10.2. The third-order valence-electron chi connectivity index (χ3n) is 5.31. The van der Waals surface area contributed by atoms with Crippen LogP contribution in [0.2, 0.25) is 5.02 Å². The molecule has 1 aliphatic rings. The number of anilines is 1. The number of amides is 1. The summed E-state index contributed by atoms with van der Waals surface area (Å²) in [5, 5.41) is 6.28. The molecule has 1 amide bonds. The van der Waals surface area contributed by atoms with Crippen LogP contribution in [0.3, 0.4) is 0 Å². The molecule has 6 nitrogen and oxygen atoms in total. The van der Waals surface area contributed by atoms with Gasteiger partial charge in [-0.1, -0.05) is 41.1 Å². The molecule has 2 aromatic heterocycles. The Morgan fingerprint density at radius 1 is 1.00 bits per heavy atom. The maximum absolute atomic E-state index is 12.7. The van der Waals surface area contributed by atoms with Crippen molar-refractivity contribution in [3.63, 3.8) is 0 Å². The molecular weight excluding hydrogens is 418 g/mol. The van der Waals surface area contributed by atoms with Gasteiger partial charge in [-0.25, -0.2) is 4.68 Å². The Morgan fingerprint density at radius 2 is 1.70 bits per heavy atom. The molecule has 0 radical (unpaired) electrons. The molecule has 0 bridgehead atoms. The molecule has 30 heavy (non-hydrogen) atoms. The van der Waals surface area contributed by atoms with E-state index in [1.165, 1.54) is 0 Å². The summed E-state index contributed by atoms with van der Waals surface area (Å²) in [5.41, 5.74) is 3.55. The van der Waals surface area contributed by atoms with Crippen molar-refractivity contribution in [2.24, 2.45) is 0 Å². The van der Waals surface area contributed by atoms with Gasteiger partial charge in [-0.3, -0.25) is 4.79 Å². The van der Waals surface area contributed by atoms with Gasteiger partial charge in [-0.2, -0.15) is 10.1 Å². The highest BCUT2D eigenvalue weighted by atomic mass is 35.5. The number of halogens is 1. The molecule has 3 heterocycles. The number of hydrogen-bond donors (Lipinski definition) is 0. The molecule has 0 saturated carbocycles. The fraction of sp³-hybridized carbons (Fsp3) is 0.227. The van der Waals surface area contributed by atoms with Gasteiger partial charge in [-0.05, 0) is 43.3 Å². The van der Waals surface area contributed by atoms with Crippen LogP contribution in [0, 0.1) is 6.92 Å². The summed E-state index contributed by atoms with van der Waals surface area (Å²) < 4.78 is 3.01. The van der Waals surface area contributed by atoms with Gasteiger partial charge in [0.2, 0.25) is 0 Å². The molecule has 0 unspecified atom stereocenters. The van der Waals surface area contributed by atoms with Gasteiger partial charge in [0.1, 0.15) is 0 Å². The van der Waals surface area contributed by atoms with Crippen LogP contribution in [-0.2, 0) is 0 Å².